The lowest BCUT2D eigenvalue weighted by Crippen LogP contribution is -2.09. The molecule has 0 bridgehead atoms. The van der Waals surface area contributed by atoms with Crippen LogP contribution in [0, 0.1) is 6.92 Å². The number of ether oxygens (including phenoxy) is 1. The molecule has 1 aromatic rings. The molecule has 0 spiro atoms. The van der Waals surface area contributed by atoms with Crippen molar-refractivity contribution in [3.8, 4) is 5.75 Å². The van der Waals surface area contributed by atoms with Gasteiger partial charge < -0.3 is 9.84 Å². The van der Waals surface area contributed by atoms with Crippen molar-refractivity contribution in [3.63, 3.8) is 0 Å². The number of halogens is 2. The second-order valence-electron chi connectivity index (χ2n) is 3.42. The highest BCUT2D eigenvalue weighted by atomic mass is 19.3. The lowest BCUT2D eigenvalue weighted by molar-refractivity contribution is 0.0794. The van der Waals surface area contributed by atoms with E-state index in [4.69, 9.17) is 4.74 Å². The van der Waals surface area contributed by atoms with E-state index in [0.29, 0.717) is 11.3 Å². The Morgan fingerprint density at radius 2 is 2.07 bits per heavy atom. The third-order valence-electron chi connectivity index (χ3n) is 1.98. The van der Waals surface area contributed by atoms with Gasteiger partial charge in [0.25, 0.3) is 6.43 Å². The molecule has 0 aromatic heterocycles. The van der Waals surface area contributed by atoms with E-state index in [9.17, 15) is 13.9 Å². The summed E-state index contributed by atoms with van der Waals surface area (Å²) in [6.45, 7) is 2.79. The Labute approximate surface area is 87.5 Å². The summed E-state index contributed by atoms with van der Waals surface area (Å²) < 4.78 is 28.8. The predicted octanol–water partition coefficient (Wildman–Crippen LogP) is 2.69. The highest BCUT2D eigenvalue weighted by Crippen LogP contribution is 2.26. The number of hydrogen-bond donors (Lipinski definition) is 1. The van der Waals surface area contributed by atoms with Crippen LogP contribution >= 0.6 is 0 Å². The minimum atomic E-state index is -2.51. The monoisotopic (exact) mass is 216 g/mol. The molecule has 1 unspecified atom stereocenters. The molecule has 1 aromatic carbocycles. The van der Waals surface area contributed by atoms with Crippen molar-refractivity contribution in [2.24, 2.45) is 0 Å². The molecule has 1 atom stereocenters. The molecule has 2 nitrogen and oxygen atoms in total. The molecule has 1 rings (SSSR count). The van der Waals surface area contributed by atoms with E-state index in [1.54, 1.807) is 25.1 Å². The van der Waals surface area contributed by atoms with Gasteiger partial charge in [-0.2, -0.15) is 0 Å². The van der Waals surface area contributed by atoms with E-state index in [1.165, 1.54) is 0 Å². The summed E-state index contributed by atoms with van der Waals surface area (Å²) in [5.74, 6) is 0.316. The van der Waals surface area contributed by atoms with Gasteiger partial charge in [0.2, 0.25) is 0 Å². The topological polar surface area (TPSA) is 29.5 Å². The SMILES string of the molecule is Cc1ccc(OCC(F)F)c(C(C)O)c1. The molecule has 15 heavy (non-hydrogen) atoms. The second kappa shape index (κ2) is 5.07. The fourth-order valence-corrected chi connectivity index (χ4v) is 1.28. The Hall–Kier alpha value is -1.16. The average Bonchev–Trinajstić information content (AvgIpc) is 2.15. The van der Waals surface area contributed by atoms with Crippen LogP contribution in [0.25, 0.3) is 0 Å². The zero-order valence-corrected chi connectivity index (χ0v) is 8.71. The standard InChI is InChI=1S/C11H14F2O2/c1-7-3-4-10(15-6-11(12)13)9(5-7)8(2)14/h3-5,8,11,14H,6H2,1-2H3. The highest BCUT2D eigenvalue weighted by molar-refractivity contribution is 5.38. The summed E-state index contributed by atoms with van der Waals surface area (Å²) in [5, 5.41) is 9.43. The fourth-order valence-electron chi connectivity index (χ4n) is 1.28. The predicted molar refractivity (Wildman–Crippen MR) is 53.3 cm³/mol. The summed E-state index contributed by atoms with van der Waals surface area (Å²) in [5.41, 5.74) is 1.49. The second-order valence-corrected chi connectivity index (χ2v) is 3.42. The summed E-state index contributed by atoms with van der Waals surface area (Å²) in [6, 6.07) is 5.08. The first-order valence-electron chi connectivity index (χ1n) is 4.70. The largest absolute Gasteiger partial charge is 0.487 e. The van der Waals surface area contributed by atoms with Crippen molar-refractivity contribution in [2.45, 2.75) is 26.4 Å². The van der Waals surface area contributed by atoms with Crippen LogP contribution in [0.4, 0.5) is 8.78 Å². The van der Waals surface area contributed by atoms with Gasteiger partial charge in [0.15, 0.2) is 0 Å². The number of benzene rings is 1. The average molecular weight is 216 g/mol. The van der Waals surface area contributed by atoms with Gasteiger partial charge in [-0.15, -0.1) is 0 Å². The van der Waals surface area contributed by atoms with Crippen LogP contribution in [-0.4, -0.2) is 18.1 Å². The van der Waals surface area contributed by atoms with Crippen LogP contribution in [-0.2, 0) is 0 Å². The molecule has 0 saturated heterocycles. The Kier molecular flexibility index (Phi) is 4.03. The molecule has 84 valence electrons. The Bertz CT molecular complexity index is 324. The number of aliphatic hydroxyl groups excluding tert-OH is 1. The molecule has 0 heterocycles. The highest BCUT2D eigenvalue weighted by Gasteiger charge is 2.11. The maximum absolute atomic E-state index is 11.9. The smallest absolute Gasteiger partial charge is 0.272 e. The summed E-state index contributed by atoms with van der Waals surface area (Å²) >= 11 is 0. The normalized spacial score (nSPS) is 12.9. The molecule has 0 amide bonds. The minimum Gasteiger partial charge on any atom is -0.487 e. The number of aryl methyl sites for hydroxylation is 1. The van der Waals surface area contributed by atoms with E-state index < -0.39 is 19.1 Å². The summed E-state index contributed by atoms with van der Waals surface area (Å²) in [7, 11) is 0. The maximum Gasteiger partial charge on any atom is 0.272 e. The number of hydrogen-bond acceptors (Lipinski definition) is 2. The lowest BCUT2D eigenvalue weighted by Gasteiger charge is -2.13. The van der Waals surface area contributed by atoms with Gasteiger partial charge in [0.1, 0.15) is 12.4 Å². The van der Waals surface area contributed by atoms with Crippen molar-refractivity contribution in [3.05, 3.63) is 29.3 Å². The lowest BCUT2D eigenvalue weighted by atomic mass is 10.1. The van der Waals surface area contributed by atoms with Crippen molar-refractivity contribution in [2.75, 3.05) is 6.61 Å². The maximum atomic E-state index is 11.9. The zero-order chi connectivity index (χ0) is 11.4. The minimum absolute atomic E-state index is 0.316. The first-order chi connectivity index (χ1) is 7.00. The van der Waals surface area contributed by atoms with Crippen molar-refractivity contribution >= 4 is 0 Å². The first kappa shape index (κ1) is 11.9. The van der Waals surface area contributed by atoms with Crippen molar-refractivity contribution < 1.29 is 18.6 Å². The summed E-state index contributed by atoms with van der Waals surface area (Å²) in [4.78, 5) is 0. The summed E-state index contributed by atoms with van der Waals surface area (Å²) in [6.07, 6.45) is -3.23. The molecular weight excluding hydrogens is 202 g/mol. The molecule has 0 radical (unpaired) electrons. The van der Waals surface area contributed by atoms with E-state index in [2.05, 4.69) is 0 Å². The van der Waals surface area contributed by atoms with Gasteiger partial charge in [-0.3, -0.25) is 0 Å². The quantitative estimate of drug-likeness (QED) is 0.838. The molecule has 1 N–H and O–H groups in total. The van der Waals surface area contributed by atoms with Crippen LogP contribution < -0.4 is 4.74 Å². The van der Waals surface area contributed by atoms with Gasteiger partial charge in [-0.1, -0.05) is 11.6 Å². The molecule has 0 aliphatic carbocycles. The van der Waals surface area contributed by atoms with Crippen LogP contribution in [0.15, 0.2) is 18.2 Å². The molecule has 0 aliphatic rings. The zero-order valence-electron chi connectivity index (χ0n) is 8.71. The van der Waals surface area contributed by atoms with E-state index in [0.717, 1.165) is 5.56 Å². The van der Waals surface area contributed by atoms with Gasteiger partial charge in [-0.05, 0) is 26.0 Å². The molecule has 0 saturated carbocycles. The Balaban J connectivity index is 2.86. The van der Waals surface area contributed by atoms with Crippen molar-refractivity contribution in [1.82, 2.24) is 0 Å². The number of rotatable bonds is 4. The molecule has 0 fully saturated rings. The van der Waals surface area contributed by atoms with E-state index >= 15 is 0 Å². The first-order valence-corrected chi connectivity index (χ1v) is 4.70. The molecule has 4 heteroatoms. The molecular formula is C11H14F2O2. The van der Waals surface area contributed by atoms with Crippen LogP contribution in [0.2, 0.25) is 0 Å². The van der Waals surface area contributed by atoms with Gasteiger partial charge in [0.05, 0.1) is 6.10 Å². The molecule has 0 aliphatic heterocycles. The van der Waals surface area contributed by atoms with Crippen LogP contribution in [0.5, 0.6) is 5.75 Å². The van der Waals surface area contributed by atoms with Crippen molar-refractivity contribution in [1.29, 1.82) is 0 Å². The van der Waals surface area contributed by atoms with Gasteiger partial charge >= 0.3 is 0 Å². The third kappa shape index (κ3) is 3.47. The van der Waals surface area contributed by atoms with Crippen LogP contribution in [0.3, 0.4) is 0 Å². The Morgan fingerprint density at radius 3 is 2.60 bits per heavy atom. The van der Waals surface area contributed by atoms with Crippen LogP contribution in [0.1, 0.15) is 24.2 Å². The number of aliphatic hydroxyl groups is 1. The van der Waals surface area contributed by atoms with E-state index in [-0.39, 0.29) is 0 Å². The Morgan fingerprint density at radius 1 is 1.40 bits per heavy atom. The third-order valence-corrected chi connectivity index (χ3v) is 1.98. The van der Waals surface area contributed by atoms with Gasteiger partial charge in [0, 0.05) is 5.56 Å². The van der Waals surface area contributed by atoms with Gasteiger partial charge in [-0.25, -0.2) is 8.78 Å². The van der Waals surface area contributed by atoms with E-state index in [1.807, 2.05) is 6.92 Å². The fraction of sp³-hybridized carbons (Fsp3) is 0.455. The number of alkyl halides is 2.